The molecule has 0 saturated carbocycles. The average Bonchev–Trinajstić information content (AvgIpc) is 3.22. The van der Waals surface area contributed by atoms with E-state index in [1.165, 1.54) is 6.08 Å². The maximum Gasteiger partial charge on any atom is 0.247 e. The molecule has 190 valence electrons. The minimum atomic E-state index is -1.27. The number of carbonyl (C=O) groups is 3. The molecule has 1 aliphatic rings. The predicted octanol–water partition coefficient (Wildman–Crippen LogP) is -0.149. The summed E-state index contributed by atoms with van der Waals surface area (Å²) in [5.74, 6) is -1.37. The summed E-state index contributed by atoms with van der Waals surface area (Å²) in [5.41, 5.74) is 7.45. The summed E-state index contributed by atoms with van der Waals surface area (Å²) in [5, 5.41) is 30.0. The maximum atomic E-state index is 13.0. The van der Waals surface area contributed by atoms with Crippen LogP contribution in [0.3, 0.4) is 0 Å². The smallest absolute Gasteiger partial charge is 0.247 e. The number of fused-ring (bicyclic) bond motifs is 1. The van der Waals surface area contributed by atoms with Crippen molar-refractivity contribution in [2.45, 2.75) is 63.4 Å². The lowest BCUT2D eigenvalue weighted by Gasteiger charge is -2.32. The minimum Gasteiger partial charge on any atom is -0.390 e. The fourth-order valence-electron chi connectivity index (χ4n) is 4.35. The summed E-state index contributed by atoms with van der Waals surface area (Å²) >= 11 is 0. The maximum absolute atomic E-state index is 13.0. The van der Waals surface area contributed by atoms with Crippen LogP contribution < -0.4 is 21.7 Å². The highest BCUT2D eigenvalue weighted by Crippen LogP contribution is 2.22. The van der Waals surface area contributed by atoms with Crippen LogP contribution in [0.15, 0.2) is 42.1 Å². The predicted molar refractivity (Wildman–Crippen MR) is 132 cm³/mol. The lowest BCUT2D eigenvalue weighted by atomic mass is 9.89. The zero-order chi connectivity index (χ0) is 25.7. The molecule has 8 N–H and O–H groups in total. The number of hydrogen-bond donors (Lipinski definition) is 7. The van der Waals surface area contributed by atoms with Gasteiger partial charge in [-0.25, -0.2) is 0 Å². The molecule has 0 saturated heterocycles. The first-order valence-corrected chi connectivity index (χ1v) is 11.8. The van der Waals surface area contributed by atoms with Crippen LogP contribution in [0.5, 0.6) is 0 Å². The summed E-state index contributed by atoms with van der Waals surface area (Å²) < 4.78 is 0. The van der Waals surface area contributed by atoms with E-state index in [0.717, 1.165) is 16.5 Å². The van der Waals surface area contributed by atoms with Gasteiger partial charge in [0.25, 0.3) is 0 Å². The normalized spacial score (nSPS) is 21.9. The summed E-state index contributed by atoms with van der Waals surface area (Å²) in [7, 11) is 1.67. The van der Waals surface area contributed by atoms with Crippen molar-refractivity contribution in [2.24, 2.45) is 11.7 Å². The molecular weight excluding hydrogens is 450 g/mol. The van der Waals surface area contributed by atoms with E-state index in [9.17, 15) is 24.6 Å². The molecule has 0 spiro atoms. The molecule has 0 aliphatic heterocycles. The number of aromatic amines is 1. The van der Waals surface area contributed by atoms with Gasteiger partial charge in [0.05, 0.1) is 18.2 Å². The molecule has 1 aromatic heterocycles. The Hall–Kier alpha value is -3.21. The molecule has 1 aliphatic carbocycles. The second-order valence-electron chi connectivity index (χ2n) is 9.45. The van der Waals surface area contributed by atoms with Gasteiger partial charge in [0.1, 0.15) is 12.1 Å². The summed E-state index contributed by atoms with van der Waals surface area (Å²) in [4.78, 5) is 41.0. The number of primary amides is 1. The number of carbonyl (C=O) groups excluding carboxylic acids is 3. The number of aromatic nitrogens is 1. The lowest BCUT2D eigenvalue weighted by Crippen LogP contribution is -2.55. The fraction of sp³-hybridized carbons (Fsp3) is 0.480. The first-order chi connectivity index (χ1) is 16.6. The highest BCUT2D eigenvalue weighted by molar-refractivity contribution is 5.97. The molecule has 3 amide bonds. The number of likely N-dealkylation sites (N-methyl/N-ethyl adjacent to an activating group) is 1. The van der Waals surface area contributed by atoms with E-state index in [1.54, 1.807) is 13.2 Å². The molecule has 10 heteroatoms. The van der Waals surface area contributed by atoms with Crippen LogP contribution in [0.1, 0.15) is 32.3 Å². The van der Waals surface area contributed by atoms with E-state index in [-0.39, 0.29) is 30.2 Å². The summed E-state index contributed by atoms with van der Waals surface area (Å²) in [6.07, 6.45) is 1.31. The molecule has 0 bridgehead atoms. The Morgan fingerprint density at radius 1 is 1.17 bits per heavy atom. The third kappa shape index (κ3) is 6.47. The molecule has 1 aromatic carbocycles. The summed E-state index contributed by atoms with van der Waals surface area (Å²) in [6, 6.07) is 5.16. The molecule has 10 nitrogen and oxygen atoms in total. The molecule has 5 atom stereocenters. The van der Waals surface area contributed by atoms with Crippen LogP contribution in [0.25, 0.3) is 10.9 Å². The third-order valence-corrected chi connectivity index (χ3v) is 6.29. The van der Waals surface area contributed by atoms with Crippen molar-refractivity contribution in [3.05, 3.63) is 47.7 Å². The van der Waals surface area contributed by atoms with Crippen LogP contribution in [-0.4, -0.2) is 70.3 Å². The number of aliphatic hydroxyl groups is 2. The van der Waals surface area contributed by atoms with E-state index in [0.29, 0.717) is 6.42 Å². The van der Waals surface area contributed by atoms with Crippen molar-refractivity contribution in [3.63, 3.8) is 0 Å². The zero-order valence-corrected chi connectivity index (χ0v) is 20.2. The Labute approximate surface area is 204 Å². The largest absolute Gasteiger partial charge is 0.390 e. The number of nitrogens with one attached hydrogen (secondary N) is 4. The van der Waals surface area contributed by atoms with Gasteiger partial charge in [-0.05, 0) is 31.0 Å². The van der Waals surface area contributed by atoms with Gasteiger partial charge in [-0.15, -0.1) is 0 Å². The number of hydrogen-bond acceptors (Lipinski definition) is 6. The number of amides is 3. The van der Waals surface area contributed by atoms with Crippen molar-refractivity contribution in [2.75, 3.05) is 7.05 Å². The summed E-state index contributed by atoms with van der Waals surface area (Å²) in [6.45, 7) is 3.98. The van der Waals surface area contributed by atoms with Gasteiger partial charge in [0.2, 0.25) is 17.7 Å². The number of nitrogens with two attached hydrogens (primary N) is 1. The molecular formula is C25H35N5O5. The number of aliphatic hydroxyl groups excluding tert-OH is 2. The first kappa shape index (κ1) is 26.4. The van der Waals surface area contributed by atoms with Crippen molar-refractivity contribution < 1.29 is 24.6 Å². The average molecular weight is 486 g/mol. The molecule has 0 radical (unpaired) electrons. The Bertz CT molecular complexity index is 1090. The third-order valence-electron chi connectivity index (χ3n) is 6.29. The van der Waals surface area contributed by atoms with E-state index < -0.39 is 42.1 Å². The quantitative estimate of drug-likeness (QED) is 0.247. The monoisotopic (exact) mass is 485 g/mol. The molecule has 3 rings (SSSR count). The van der Waals surface area contributed by atoms with Crippen molar-refractivity contribution >= 4 is 28.6 Å². The SMILES string of the molecule is CNC(CC(C)C)C(=O)NC1C=C(C(=O)NC(Cc2c[nH]c3ccccc23)C(N)=O)CC(O)C1O. The fourth-order valence-corrected chi connectivity index (χ4v) is 4.35. The van der Waals surface area contributed by atoms with Crippen molar-refractivity contribution in [3.8, 4) is 0 Å². The molecule has 5 unspecified atom stereocenters. The molecule has 1 heterocycles. The minimum absolute atomic E-state index is 0.126. The number of H-pyrrole nitrogens is 1. The molecule has 35 heavy (non-hydrogen) atoms. The van der Waals surface area contributed by atoms with Crippen LogP contribution in [0.2, 0.25) is 0 Å². The Morgan fingerprint density at radius 3 is 2.54 bits per heavy atom. The van der Waals surface area contributed by atoms with Crippen LogP contribution in [0, 0.1) is 5.92 Å². The topological polar surface area (TPSA) is 170 Å². The van der Waals surface area contributed by atoms with Crippen molar-refractivity contribution in [1.82, 2.24) is 20.9 Å². The number of rotatable bonds is 10. The van der Waals surface area contributed by atoms with E-state index in [4.69, 9.17) is 5.73 Å². The number of benzene rings is 1. The van der Waals surface area contributed by atoms with Gasteiger partial charge >= 0.3 is 0 Å². The first-order valence-electron chi connectivity index (χ1n) is 11.8. The second kappa shape index (κ2) is 11.5. The van der Waals surface area contributed by atoms with Crippen molar-refractivity contribution in [1.29, 1.82) is 0 Å². The Balaban J connectivity index is 1.74. The van der Waals surface area contributed by atoms with Crippen LogP contribution >= 0.6 is 0 Å². The van der Waals surface area contributed by atoms with Gasteiger partial charge in [0.15, 0.2) is 0 Å². The van der Waals surface area contributed by atoms with Gasteiger partial charge in [-0.1, -0.05) is 38.1 Å². The van der Waals surface area contributed by atoms with Crippen LogP contribution in [0.4, 0.5) is 0 Å². The molecule has 2 aromatic rings. The van der Waals surface area contributed by atoms with E-state index in [1.807, 2.05) is 38.1 Å². The highest BCUT2D eigenvalue weighted by Gasteiger charge is 2.35. The van der Waals surface area contributed by atoms with Gasteiger partial charge in [0, 0.05) is 35.5 Å². The zero-order valence-electron chi connectivity index (χ0n) is 20.2. The standard InChI is InChI=1S/C25H35N5O5/c1-13(2)8-20(27-3)25(35)29-18-9-14(11-21(31)22(18)32)24(34)30-19(23(26)33)10-15-12-28-17-7-5-4-6-16(15)17/h4-7,9,12-13,18-22,27-28,31-32H,8,10-11H2,1-3H3,(H2,26,33)(H,29,35)(H,30,34). The lowest BCUT2D eigenvalue weighted by molar-refractivity contribution is -0.126. The van der Waals surface area contributed by atoms with E-state index in [2.05, 4.69) is 20.9 Å². The molecule has 0 fully saturated rings. The van der Waals surface area contributed by atoms with E-state index >= 15 is 0 Å². The number of para-hydroxylation sites is 1. The Morgan fingerprint density at radius 2 is 1.89 bits per heavy atom. The highest BCUT2D eigenvalue weighted by atomic mass is 16.3. The second-order valence-corrected chi connectivity index (χ2v) is 9.45. The van der Waals surface area contributed by atoms with Crippen LogP contribution in [-0.2, 0) is 20.8 Å². The Kier molecular flexibility index (Phi) is 8.66. The van der Waals surface area contributed by atoms with Gasteiger partial charge in [-0.2, -0.15) is 0 Å². The van der Waals surface area contributed by atoms with Gasteiger partial charge in [-0.3, -0.25) is 14.4 Å². The van der Waals surface area contributed by atoms with Gasteiger partial charge < -0.3 is 36.9 Å².